The van der Waals surface area contributed by atoms with E-state index >= 15 is 0 Å². The highest BCUT2D eigenvalue weighted by Crippen LogP contribution is 2.29. The second kappa shape index (κ2) is 7.03. The molecule has 1 aliphatic rings. The Morgan fingerprint density at radius 3 is 2.55 bits per heavy atom. The summed E-state index contributed by atoms with van der Waals surface area (Å²) in [6.45, 7) is 1.69. The van der Waals surface area contributed by atoms with E-state index in [0.29, 0.717) is 17.2 Å². The number of nitrogens with zero attached hydrogens (tertiary/aromatic N) is 1. The van der Waals surface area contributed by atoms with Gasteiger partial charge in [0.25, 0.3) is 5.91 Å². The van der Waals surface area contributed by atoms with E-state index in [1.54, 1.807) is 25.3 Å². The Morgan fingerprint density at radius 1 is 1.20 bits per heavy atom. The molecule has 0 unspecified atom stereocenters. The molecule has 1 aromatic rings. The summed E-state index contributed by atoms with van der Waals surface area (Å²) in [5.74, 6) is 1.12. The van der Waals surface area contributed by atoms with Crippen LogP contribution in [0.5, 0.6) is 11.5 Å². The minimum Gasteiger partial charge on any atom is -0.493 e. The molecule has 0 spiro atoms. The maximum Gasteiger partial charge on any atom is 0.260 e. The van der Waals surface area contributed by atoms with Crippen molar-refractivity contribution < 1.29 is 14.3 Å². The lowest BCUT2D eigenvalue weighted by Gasteiger charge is -2.20. The molecule has 1 heterocycles. The minimum absolute atomic E-state index is 0.0244. The van der Waals surface area contributed by atoms with Gasteiger partial charge in [0.2, 0.25) is 0 Å². The molecule has 1 amide bonds. The molecule has 0 atom stereocenters. The largest absolute Gasteiger partial charge is 0.493 e. The topological polar surface area (TPSA) is 64.8 Å². The van der Waals surface area contributed by atoms with Crippen molar-refractivity contribution in [2.75, 3.05) is 32.5 Å². The summed E-state index contributed by atoms with van der Waals surface area (Å²) in [4.78, 5) is 14.0. The highest BCUT2D eigenvalue weighted by atomic mass is 16.5. The summed E-state index contributed by atoms with van der Waals surface area (Å²) in [6.07, 6.45) is 4.56. The number of hydrogen-bond acceptors (Lipinski definition) is 4. The van der Waals surface area contributed by atoms with E-state index < -0.39 is 0 Å². The van der Waals surface area contributed by atoms with Crippen LogP contribution < -0.4 is 15.2 Å². The van der Waals surface area contributed by atoms with Gasteiger partial charge in [-0.25, -0.2) is 0 Å². The number of carbonyl (C=O) groups excluding carboxylic acids is 1. The molecule has 0 aliphatic carbocycles. The molecule has 110 valence electrons. The van der Waals surface area contributed by atoms with Crippen molar-refractivity contribution in [3.63, 3.8) is 0 Å². The smallest absolute Gasteiger partial charge is 0.260 e. The van der Waals surface area contributed by atoms with Crippen LogP contribution in [0.4, 0.5) is 5.69 Å². The van der Waals surface area contributed by atoms with Crippen molar-refractivity contribution >= 4 is 11.6 Å². The lowest BCUT2D eigenvalue weighted by molar-refractivity contribution is -0.133. The number of methoxy groups -OCH3 is 1. The molecule has 1 saturated heterocycles. The van der Waals surface area contributed by atoms with Gasteiger partial charge in [-0.05, 0) is 25.0 Å². The fourth-order valence-electron chi connectivity index (χ4n) is 2.36. The first-order valence-electron chi connectivity index (χ1n) is 7.05. The molecule has 5 heteroatoms. The van der Waals surface area contributed by atoms with E-state index in [2.05, 4.69) is 0 Å². The van der Waals surface area contributed by atoms with Gasteiger partial charge in [-0.3, -0.25) is 4.79 Å². The summed E-state index contributed by atoms with van der Waals surface area (Å²) in [6, 6.07) is 5.15. The standard InChI is InChI=1S/C15H22N2O3/c1-19-13-7-6-12(16)10-14(13)20-11-15(18)17-8-4-2-3-5-9-17/h6-7,10H,2-5,8-9,11,16H2,1H3. The quantitative estimate of drug-likeness (QED) is 0.856. The van der Waals surface area contributed by atoms with E-state index in [1.165, 1.54) is 12.8 Å². The van der Waals surface area contributed by atoms with Gasteiger partial charge >= 0.3 is 0 Å². The first-order valence-corrected chi connectivity index (χ1v) is 7.05. The molecular formula is C15H22N2O3. The van der Waals surface area contributed by atoms with E-state index in [0.717, 1.165) is 25.9 Å². The Morgan fingerprint density at radius 2 is 1.90 bits per heavy atom. The number of amides is 1. The van der Waals surface area contributed by atoms with Crippen LogP contribution >= 0.6 is 0 Å². The maximum atomic E-state index is 12.1. The van der Waals surface area contributed by atoms with Gasteiger partial charge in [-0.15, -0.1) is 0 Å². The number of nitrogens with two attached hydrogens (primary N) is 1. The number of benzene rings is 1. The average Bonchev–Trinajstić information content (AvgIpc) is 2.74. The molecule has 2 N–H and O–H groups in total. The van der Waals surface area contributed by atoms with Crippen molar-refractivity contribution in [3.8, 4) is 11.5 Å². The zero-order chi connectivity index (χ0) is 14.4. The zero-order valence-electron chi connectivity index (χ0n) is 11.9. The summed E-state index contributed by atoms with van der Waals surface area (Å²) >= 11 is 0. The van der Waals surface area contributed by atoms with E-state index in [4.69, 9.17) is 15.2 Å². The van der Waals surface area contributed by atoms with Crippen LogP contribution in [-0.2, 0) is 4.79 Å². The first-order chi connectivity index (χ1) is 9.70. The van der Waals surface area contributed by atoms with Crippen molar-refractivity contribution in [2.45, 2.75) is 25.7 Å². The molecule has 1 aromatic carbocycles. The Labute approximate surface area is 119 Å². The van der Waals surface area contributed by atoms with Crippen molar-refractivity contribution in [1.29, 1.82) is 0 Å². The third kappa shape index (κ3) is 3.79. The molecule has 0 radical (unpaired) electrons. The van der Waals surface area contributed by atoms with Crippen LogP contribution in [0, 0.1) is 0 Å². The Hall–Kier alpha value is -1.91. The second-order valence-corrected chi connectivity index (χ2v) is 4.99. The van der Waals surface area contributed by atoms with Gasteiger partial charge in [-0.2, -0.15) is 0 Å². The Balaban J connectivity index is 1.93. The van der Waals surface area contributed by atoms with Gasteiger partial charge in [0, 0.05) is 24.8 Å². The zero-order valence-corrected chi connectivity index (χ0v) is 11.9. The molecule has 0 bridgehead atoms. The summed E-state index contributed by atoms with van der Waals surface area (Å²) < 4.78 is 10.8. The highest BCUT2D eigenvalue weighted by Gasteiger charge is 2.16. The molecule has 0 saturated carbocycles. The van der Waals surface area contributed by atoms with Crippen LogP contribution in [0.25, 0.3) is 0 Å². The van der Waals surface area contributed by atoms with Gasteiger partial charge < -0.3 is 20.1 Å². The van der Waals surface area contributed by atoms with Gasteiger partial charge in [0.1, 0.15) is 0 Å². The molecule has 5 nitrogen and oxygen atoms in total. The fraction of sp³-hybridized carbons (Fsp3) is 0.533. The van der Waals surface area contributed by atoms with E-state index in [1.807, 2.05) is 4.90 Å². The van der Waals surface area contributed by atoms with E-state index in [-0.39, 0.29) is 12.5 Å². The van der Waals surface area contributed by atoms with Crippen LogP contribution in [0.15, 0.2) is 18.2 Å². The van der Waals surface area contributed by atoms with Crippen molar-refractivity contribution in [1.82, 2.24) is 4.90 Å². The SMILES string of the molecule is COc1ccc(N)cc1OCC(=O)N1CCCCCC1. The molecule has 0 aromatic heterocycles. The van der Waals surface area contributed by atoms with Gasteiger partial charge in [0.05, 0.1) is 7.11 Å². The molecule has 2 rings (SSSR count). The predicted octanol–water partition coefficient (Wildman–Crippen LogP) is 2.06. The number of anilines is 1. The molecule has 1 aliphatic heterocycles. The molecule has 1 fully saturated rings. The summed E-state index contributed by atoms with van der Waals surface area (Å²) in [5, 5.41) is 0. The highest BCUT2D eigenvalue weighted by molar-refractivity contribution is 5.78. The number of carbonyl (C=O) groups is 1. The van der Waals surface area contributed by atoms with E-state index in [9.17, 15) is 4.79 Å². The average molecular weight is 278 g/mol. The number of rotatable bonds is 4. The van der Waals surface area contributed by atoms with Gasteiger partial charge in [-0.1, -0.05) is 12.8 Å². The van der Waals surface area contributed by atoms with Crippen molar-refractivity contribution in [3.05, 3.63) is 18.2 Å². The molecular weight excluding hydrogens is 256 g/mol. The summed E-state index contributed by atoms with van der Waals surface area (Å²) in [7, 11) is 1.56. The lowest BCUT2D eigenvalue weighted by atomic mass is 10.2. The van der Waals surface area contributed by atoms with Gasteiger partial charge in [0.15, 0.2) is 18.1 Å². The monoisotopic (exact) mass is 278 g/mol. The first kappa shape index (κ1) is 14.5. The third-order valence-corrected chi connectivity index (χ3v) is 3.50. The number of nitrogen functional groups attached to an aromatic ring is 1. The van der Waals surface area contributed by atoms with Crippen LogP contribution in [0.3, 0.4) is 0 Å². The Bertz CT molecular complexity index is 454. The Kier molecular flexibility index (Phi) is 5.09. The van der Waals surface area contributed by atoms with Crippen LogP contribution in [0.2, 0.25) is 0 Å². The summed E-state index contributed by atoms with van der Waals surface area (Å²) in [5.41, 5.74) is 6.31. The fourth-order valence-corrected chi connectivity index (χ4v) is 2.36. The predicted molar refractivity (Wildman–Crippen MR) is 77.9 cm³/mol. The van der Waals surface area contributed by atoms with Crippen LogP contribution in [-0.4, -0.2) is 37.6 Å². The lowest BCUT2D eigenvalue weighted by Crippen LogP contribution is -2.35. The van der Waals surface area contributed by atoms with Crippen LogP contribution in [0.1, 0.15) is 25.7 Å². The minimum atomic E-state index is 0.0244. The maximum absolute atomic E-state index is 12.1. The number of hydrogen-bond donors (Lipinski definition) is 1. The number of ether oxygens (including phenoxy) is 2. The van der Waals surface area contributed by atoms with Crippen molar-refractivity contribution in [2.24, 2.45) is 0 Å². The third-order valence-electron chi connectivity index (χ3n) is 3.50. The normalized spacial score (nSPS) is 15.6. The second-order valence-electron chi connectivity index (χ2n) is 4.99. The number of likely N-dealkylation sites (tertiary alicyclic amines) is 1. The molecule has 20 heavy (non-hydrogen) atoms.